The summed E-state index contributed by atoms with van der Waals surface area (Å²) in [7, 11) is 3.69. The maximum absolute atomic E-state index is 5.52. The molecule has 1 aliphatic carbocycles. The maximum Gasteiger partial charge on any atom is 0.0496 e. The van der Waals surface area contributed by atoms with Gasteiger partial charge < -0.3 is 9.47 Å². The summed E-state index contributed by atoms with van der Waals surface area (Å²) in [6.45, 7) is 4.11. The Morgan fingerprint density at radius 2 is 1.63 bits per heavy atom. The molecule has 2 atom stereocenters. The van der Waals surface area contributed by atoms with Crippen molar-refractivity contribution in [3.8, 4) is 0 Å². The van der Waals surface area contributed by atoms with Crippen molar-refractivity contribution in [1.29, 1.82) is 0 Å². The lowest BCUT2D eigenvalue weighted by Crippen LogP contribution is -2.29. The largest absolute Gasteiger partial charge is 0.384 e. The van der Waals surface area contributed by atoms with Crippen LogP contribution in [-0.2, 0) is 9.47 Å². The van der Waals surface area contributed by atoms with E-state index < -0.39 is 0 Å². The van der Waals surface area contributed by atoms with Crippen LogP contribution in [0, 0.1) is 17.8 Å². The summed E-state index contributed by atoms with van der Waals surface area (Å²) in [5, 5.41) is 0. The third-order valence-corrected chi connectivity index (χ3v) is 4.78. The minimum Gasteiger partial charge on any atom is -0.384 e. The van der Waals surface area contributed by atoms with Crippen LogP contribution >= 0.6 is 0 Å². The minimum absolute atomic E-state index is 0.699. The highest BCUT2D eigenvalue weighted by atomic mass is 16.5. The Morgan fingerprint density at radius 1 is 0.947 bits per heavy atom. The van der Waals surface area contributed by atoms with E-state index in [2.05, 4.69) is 6.92 Å². The molecule has 2 heteroatoms. The first-order valence-electron chi connectivity index (χ1n) is 8.31. The standard InChI is InChI=1S/C17H34O2/c1-4-5-6-7-12-16(13-18-2)17(14-19-3)15-10-8-9-11-15/h15-17H,4-14H2,1-3H3. The van der Waals surface area contributed by atoms with Crippen LogP contribution in [0.25, 0.3) is 0 Å². The molecule has 0 spiro atoms. The van der Waals surface area contributed by atoms with Crippen molar-refractivity contribution in [2.24, 2.45) is 17.8 Å². The fourth-order valence-corrected chi connectivity index (χ4v) is 3.70. The lowest BCUT2D eigenvalue weighted by atomic mass is 9.79. The van der Waals surface area contributed by atoms with Gasteiger partial charge in [-0.1, -0.05) is 58.3 Å². The van der Waals surface area contributed by atoms with E-state index in [-0.39, 0.29) is 0 Å². The number of rotatable bonds is 11. The first-order valence-corrected chi connectivity index (χ1v) is 8.31. The predicted molar refractivity (Wildman–Crippen MR) is 81.4 cm³/mol. The van der Waals surface area contributed by atoms with Crippen LogP contribution in [0.3, 0.4) is 0 Å². The van der Waals surface area contributed by atoms with Gasteiger partial charge >= 0.3 is 0 Å². The van der Waals surface area contributed by atoms with E-state index in [1.165, 1.54) is 57.8 Å². The van der Waals surface area contributed by atoms with Crippen LogP contribution in [0.15, 0.2) is 0 Å². The highest BCUT2D eigenvalue weighted by molar-refractivity contribution is 4.81. The van der Waals surface area contributed by atoms with Crippen molar-refractivity contribution >= 4 is 0 Å². The molecule has 0 amide bonds. The molecule has 0 radical (unpaired) electrons. The molecule has 1 saturated carbocycles. The van der Waals surface area contributed by atoms with Gasteiger partial charge in [0.2, 0.25) is 0 Å². The lowest BCUT2D eigenvalue weighted by molar-refractivity contribution is 0.0367. The molecule has 19 heavy (non-hydrogen) atoms. The first kappa shape index (κ1) is 17.0. The molecule has 0 aromatic heterocycles. The van der Waals surface area contributed by atoms with Crippen molar-refractivity contribution in [2.45, 2.75) is 64.7 Å². The van der Waals surface area contributed by atoms with Gasteiger partial charge in [0.1, 0.15) is 0 Å². The average Bonchev–Trinajstić information content (AvgIpc) is 2.94. The number of unbranched alkanes of at least 4 members (excludes halogenated alkanes) is 3. The van der Waals surface area contributed by atoms with Gasteiger partial charge in [0.25, 0.3) is 0 Å². The van der Waals surface area contributed by atoms with E-state index in [1.807, 2.05) is 14.2 Å². The maximum atomic E-state index is 5.52. The van der Waals surface area contributed by atoms with Gasteiger partial charge in [-0.3, -0.25) is 0 Å². The Morgan fingerprint density at radius 3 is 2.21 bits per heavy atom. The van der Waals surface area contributed by atoms with Gasteiger partial charge in [-0.25, -0.2) is 0 Å². The van der Waals surface area contributed by atoms with Crippen LogP contribution in [0.1, 0.15) is 64.7 Å². The molecule has 2 nitrogen and oxygen atoms in total. The topological polar surface area (TPSA) is 18.5 Å². The van der Waals surface area contributed by atoms with Gasteiger partial charge in [-0.2, -0.15) is 0 Å². The summed E-state index contributed by atoms with van der Waals surface area (Å²) >= 11 is 0. The van der Waals surface area contributed by atoms with Crippen LogP contribution in [-0.4, -0.2) is 27.4 Å². The van der Waals surface area contributed by atoms with Gasteiger partial charge in [0, 0.05) is 27.4 Å². The SMILES string of the molecule is CCCCCCC(COC)C(COC)C1CCCC1. The van der Waals surface area contributed by atoms with Gasteiger partial charge in [0.15, 0.2) is 0 Å². The molecular weight excluding hydrogens is 236 g/mol. The second-order valence-corrected chi connectivity index (χ2v) is 6.23. The number of hydrogen-bond donors (Lipinski definition) is 0. The molecule has 1 aliphatic rings. The van der Waals surface area contributed by atoms with Gasteiger partial charge in [-0.05, 0) is 24.2 Å². The van der Waals surface area contributed by atoms with Crippen LogP contribution in [0.2, 0.25) is 0 Å². The third kappa shape index (κ3) is 6.27. The third-order valence-electron chi connectivity index (χ3n) is 4.78. The van der Waals surface area contributed by atoms with E-state index in [9.17, 15) is 0 Å². The van der Waals surface area contributed by atoms with Crippen molar-refractivity contribution in [3.63, 3.8) is 0 Å². The number of ether oxygens (including phenoxy) is 2. The molecule has 0 saturated heterocycles. The molecule has 2 unspecified atom stereocenters. The van der Waals surface area contributed by atoms with E-state index in [0.29, 0.717) is 11.8 Å². The van der Waals surface area contributed by atoms with E-state index in [0.717, 1.165) is 19.1 Å². The summed E-state index contributed by atoms with van der Waals surface area (Å²) in [6.07, 6.45) is 12.4. The fraction of sp³-hybridized carbons (Fsp3) is 1.00. The Balaban J connectivity index is 2.46. The second kappa shape index (κ2) is 10.7. The summed E-state index contributed by atoms with van der Waals surface area (Å²) in [5.41, 5.74) is 0. The van der Waals surface area contributed by atoms with Crippen molar-refractivity contribution in [1.82, 2.24) is 0 Å². The normalized spacial score (nSPS) is 19.7. The van der Waals surface area contributed by atoms with E-state index in [1.54, 1.807) is 0 Å². The zero-order valence-corrected chi connectivity index (χ0v) is 13.3. The molecule has 0 aromatic rings. The van der Waals surface area contributed by atoms with E-state index >= 15 is 0 Å². The Labute approximate surface area is 120 Å². The van der Waals surface area contributed by atoms with Crippen molar-refractivity contribution in [2.75, 3.05) is 27.4 Å². The van der Waals surface area contributed by atoms with Crippen molar-refractivity contribution in [3.05, 3.63) is 0 Å². The Bertz CT molecular complexity index is 199. The molecule has 0 N–H and O–H groups in total. The minimum atomic E-state index is 0.699. The van der Waals surface area contributed by atoms with Crippen molar-refractivity contribution < 1.29 is 9.47 Å². The molecule has 0 heterocycles. The highest BCUT2D eigenvalue weighted by Crippen LogP contribution is 2.37. The smallest absolute Gasteiger partial charge is 0.0496 e. The second-order valence-electron chi connectivity index (χ2n) is 6.23. The molecule has 114 valence electrons. The quantitative estimate of drug-likeness (QED) is 0.508. The summed E-state index contributed by atoms with van der Waals surface area (Å²) in [4.78, 5) is 0. The van der Waals surface area contributed by atoms with Crippen LogP contribution < -0.4 is 0 Å². The molecule has 1 rings (SSSR count). The molecule has 0 aromatic carbocycles. The Kier molecular flexibility index (Phi) is 9.54. The zero-order chi connectivity index (χ0) is 13.9. The van der Waals surface area contributed by atoms with Crippen LogP contribution in [0.5, 0.6) is 0 Å². The highest BCUT2D eigenvalue weighted by Gasteiger charge is 2.31. The zero-order valence-electron chi connectivity index (χ0n) is 13.3. The summed E-state index contributed by atoms with van der Waals surface area (Å²) in [5.74, 6) is 2.30. The van der Waals surface area contributed by atoms with E-state index in [4.69, 9.17) is 9.47 Å². The Hall–Kier alpha value is -0.0800. The van der Waals surface area contributed by atoms with Gasteiger partial charge in [0.05, 0.1) is 0 Å². The molecule has 1 fully saturated rings. The average molecular weight is 270 g/mol. The first-order chi connectivity index (χ1) is 9.33. The monoisotopic (exact) mass is 270 g/mol. The predicted octanol–water partition coefficient (Wildman–Crippen LogP) is 4.67. The fourth-order valence-electron chi connectivity index (χ4n) is 3.70. The molecule has 0 bridgehead atoms. The summed E-state index contributed by atoms with van der Waals surface area (Å²) < 4.78 is 11.0. The van der Waals surface area contributed by atoms with Crippen LogP contribution in [0.4, 0.5) is 0 Å². The number of hydrogen-bond acceptors (Lipinski definition) is 2. The van der Waals surface area contributed by atoms with Gasteiger partial charge in [-0.15, -0.1) is 0 Å². The summed E-state index contributed by atoms with van der Waals surface area (Å²) in [6, 6.07) is 0. The molecular formula is C17H34O2. The lowest BCUT2D eigenvalue weighted by Gasteiger charge is -2.31. The number of methoxy groups -OCH3 is 2. The molecule has 0 aliphatic heterocycles.